The minimum Gasteiger partial charge on any atom is -0.396 e. The quantitative estimate of drug-likeness (QED) is 0.830. The fourth-order valence-corrected chi connectivity index (χ4v) is 4.93. The van der Waals surface area contributed by atoms with Crippen LogP contribution in [-0.2, 0) is 11.2 Å². The molecule has 2 fully saturated rings. The minimum atomic E-state index is -0.709. The summed E-state index contributed by atoms with van der Waals surface area (Å²) in [6.07, 6.45) is 1.83. The Bertz CT molecular complexity index is 602. The standard InChI is InChI=1S/C21H31NO3/c1-16(2)8-9-22-13-20(10-17-6-4-3-5-7-17)11-18(24)12-21(14-22,15-23)19(20)25/h3-7,16,19,23,25H,8-15H2,1-2H3. The summed E-state index contributed by atoms with van der Waals surface area (Å²) in [4.78, 5) is 14.9. The highest BCUT2D eigenvalue weighted by Crippen LogP contribution is 2.51. The molecule has 1 aromatic rings. The number of hydrogen-bond donors (Lipinski definition) is 2. The lowest BCUT2D eigenvalue weighted by Gasteiger charge is -2.58. The lowest BCUT2D eigenvalue weighted by Crippen LogP contribution is -2.68. The van der Waals surface area contributed by atoms with E-state index in [1.54, 1.807) is 0 Å². The summed E-state index contributed by atoms with van der Waals surface area (Å²) < 4.78 is 0. The predicted octanol–water partition coefficient (Wildman–Crippen LogP) is 2.28. The number of carbonyl (C=O) groups is 1. The van der Waals surface area contributed by atoms with E-state index in [0.29, 0.717) is 31.7 Å². The van der Waals surface area contributed by atoms with Crippen LogP contribution in [0.2, 0.25) is 0 Å². The van der Waals surface area contributed by atoms with Gasteiger partial charge in [-0.05, 0) is 30.9 Å². The van der Waals surface area contributed by atoms with Crippen LogP contribution in [0.15, 0.2) is 30.3 Å². The molecule has 1 heterocycles. The maximum atomic E-state index is 12.5. The summed E-state index contributed by atoms with van der Waals surface area (Å²) >= 11 is 0. The van der Waals surface area contributed by atoms with Crippen molar-refractivity contribution < 1.29 is 15.0 Å². The van der Waals surface area contributed by atoms with E-state index in [0.717, 1.165) is 25.1 Å². The molecule has 1 aromatic carbocycles. The first-order valence-electron chi connectivity index (χ1n) is 9.46. The smallest absolute Gasteiger partial charge is 0.134 e. The number of nitrogens with zero attached hydrogens (tertiary/aromatic N) is 1. The van der Waals surface area contributed by atoms with Gasteiger partial charge in [0.05, 0.1) is 12.7 Å². The van der Waals surface area contributed by atoms with Gasteiger partial charge in [-0.3, -0.25) is 4.79 Å². The van der Waals surface area contributed by atoms with Crippen molar-refractivity contribution in [2.24, 2.45) is 16.7 Å². The van der Waals surface area contributed by atoms with E-state index in [4.69, 9.17) is 0 Å². The van der Waals surface area contributed by atoms with Crippen LogP contribution in [0, 0.1) is 16.7 Å². The van der Waals surface area contributed by atoms with E-state index in [1.165, 1.54) is 0 Å². The van der Waals surface area contributed by atoms with Crippen LogP contribution in [0.1, 0.15) is 38.7 Å². The van der Waals surface area contributed by atoms with E-state index in [2.05, 4.69) is 30.9 Å². The average molecular weight is 345 g/mol. The first-order chi connectivity index (χ1) is 11.9. The van der Waals surface area contributed by atoms with Crippen molar-refractivity contribution in [1.82, 2.24) is 4.90 Å². The number of rotatable bonds is 6. The number of carbonyl (C=O) groups excluding carboxylic acids is 1. The largest absolute Gasteiger partial charge is 0.396 e. The molecule has 4 heteroatoms. The zero-order valence-corrected chi connectivity index (χ0v) is 15.4. The number of ketones is 1. The lowest BCUT2D eigenvalue weighted by atomic mass is 9.55. The number of Topliss-reactive ketones (excluding diaryl/α,β-unsaturated/α-hetero) is 1. The first kappa shape index (κ1) is 18.6. The van der Waals surface area contributed by atoms with Gasteiger partial charge in [-0.25, -0.2) is 0 Å². The molecule has 3 unspecified atom stereocenters. The molecule has 0 radical (unpaired) electrons. The van der Waals surface area contributed by atoms with Gasteiger partial charge < -0.3 is 15.1 Å². The number of benzene rings is 1. The summed E-state index contributed by atoms with van der Waals surface area (Å²) in [5.74, 6) is 0.794. The fourth-order valence-electron chi connectivity index (χ4n) is 4.93. The molecule has 25 heavy (non-hydrogen) atoms. The Balaban J connectivity index is 1.91. The van der Waals surface area contributed by atoms with Gasteiger partial charge in [-0.2, -0.15) is 0 Å². The molecular formula is C21H31NO3. The number of fused-ring (bicyclic) bond motifs is 2. The van der Waals surface area contributed by atoms with Gasteiger partial charge in [-0.15, -0.1) is 0 Å². The maximum absolute atomic E-state index is 12.5. The van der Waals surface area contributed by atoms with Gasteiger partial charge >= 0.3 is 0 Å². The Morgan fingerprint density at radius 3 is 2.44 bits per heavy atom. The molecule has 0 spiro atoms. The Labute approximate surface area is 150 Å². The number of likely N-dealkylation sites (tertiary alicyclic amines) is 1. The molecule has 1 saturated heterocycles. The third-order valence-corrected chi connectivity index (χ3v) is 6.07. The van der Waals surface area contributed by atoms with Crippen molar-refractivity contribution in [1.29, 1.82) is 0 Å². The van der Waals surface area contributed by atoms with Crippen LogP contribution in [0.5, 0.6) is 0 Å². The van der Waals surface area contributed by atoms with Crippen molar-refractivity contribution in [3.05, 3.63) is 35.9 Å². The van der Waals surface area contributed by atoms with E-state index in [9.17, 15) is 15.0 Å². The monoisotopic (exact) mass is 345 g/mol. The summed E-state index contributed by atoms with van der Waals surface area (Å²) in [5.41, 5.74) is -0.0534. The molecular weight excluding hydrogens is 314 g/mol. The van der Waals surface area contributed by atoms with E-state index in [1.807, 2.05) is 18.2 Å². The molecule has 1 saturated carbocycles. The molecule has 0 amide bonds. The minimum absolute atomic E-state index is 0.130. The van der Waals surface area contributed by atoms with Crippen molar-refractivity contribution in [3.8, 4) is 0 Å². The molecule has 1 aliphatic carbocycles. The average Bonchev–Trinajstić information content (AvgIpc) is 2.56. The van der Waals surface area contributed by atoms with E-state index >= 15 is 0 Å². The van der Waals surface area contributed by atoms with Crippen molar-refractivity contribution in [2.45, 2.75) is 45.6 Å². The molecule has 3 rings (SSSR count). The summed E-state index contributed by atoms with van der Waals surface area (Å²) in [7, 11) is 0. The fraction of sp³-hybridized carbons (Fsp3) is 0.667. The van der Waals surface area contributed by atoms with Crippen molar-refractivity contribution in [3.63, 3.8) is 0 Å². The van der Waals surface area contributed by atoms with Crippen LogP contribution in [0.25, 0.3) is 0 Å². The van der Waals surface area contributed by atoms with Crippen molar-refractivity contribution >= 4 is 5.78 Å². The Kier molecular flexibility index (Phi) is 5.33. The van der Waals surface area contributed by atoms with Crippen molar-refractivity contribution in [2.75, 3.05) is 26.2 Å². The molecule has 1 aliphatic heterocycles. The third-order valence-electron chi connectivity index (χ3n) is 6.07. The highest BCUT2D eigenvalue weighted by atomic mass is 16.3. The highest BCUT2D eigenvalue weighted by molar-refractivity contribution is 5.81. The van der Waals surface area contributed by atoms with Gasteiger partial charge in [0.1, 0.15) is 5.78 Å². The third kappa shape index (κ3) is 3.67. The SMILES string of the molecule is CC(C)CCN1CC2(CO)CC(=O)CC(Cc3ccccc3)(C1)C2O. The highest BCUT2D eigenvalue weighted by Gasteiger charge is 2.59. The second-order valence-electron chi connectivity index (χ2n) is 8.73. The van der Waals surface area contributed by atoms with Gasteiger partial charge in [0.15, 0.2) is 0 Å². The van der Waals surface area contributed by atoms with Gasteiger partial charge in [0.2, 0.25) is 0 Å². The molecule has 2 N–H and O–H groups in total. The Morgan fingerprint density at radius 2 is 1.80 bits per heavy atom. The molecule has 138 valence electrons. The van der Waals surface area contributed by atoms with Gasteiger partial charge in [0.25, 0.3) is 0 Å². The van der Waals surface area contributed by atoms with Crippen LogP contribution < -0.4 is 0 Å². The summed E-state index contributed by atoms with van der Waals surface area (Å²) in [5, 5.41) is 21.3. The van der Waals surface area contributed by atoms with E-state index < -0.39 is 16.9 Å². The van der Waals surface area contributed by atoms with Gasteiger partial charge in [-0.1, -0.05) is 44.2 Å². The van der Waals surface area contributed by atoms with Crippen LogP contribution in [0.4, 0.5) is 0 Å². The van der Waals surface area contributed by atoms with Gasteiger partial charge in [0, 0.05) is 36.8 Å². The zero-order valence-electron chi connectivity index (χ0n) is 15.4. The Morgan fingerprint density at radius 1 is 1.16 bits per heavy atom. The van der Waals surface area contributed by atoms with Crippen LogP contribution >= 0.6 is 0 Å². The summed E-state index contributed by atoms with van der Waals surface area (Å²) in [6, 6.07) is 10.1. The molecule has 4 nitrogen and oxygen atoms in total. The molecule has 2 aliphatic rings. The number of aliphatic hydroxyl groups excluding tert-OH is 2. The number of aliphatic hydroxyl groups is 2. The lowest BCUT2D eigenvalue weighted by molar-refractivity contribution is -0.186. The number of piperidine rings is 1. The molecule has 2 bridgehead atoms. The van der Waals surface area contributed by atoms with E-state index in [-0.39, 0.29) is 12.4 Å². The maximum Gasteiger partial charge on any atom is 0.134 e. The predicted molar refractivity (Wildman–Crippen MR) is 98.2 cm³/mol. The second-order valence-corrected chi connectivity index (χ2v) is 8.73. The van der Waals surface area contributed by atoms with Crippen LogP contribution in [-0.4, -0.2) is 53.2 Å². The summed E-state index contributed by atoms with van der Waals surface area (Å²) in [6.45, 7) is 6.59. The second kappa shape index (κ2) is 7.18. The first-order valence-corrected chi connectivity index (χ1v) is 9.46. The normalized spacial score (nSPS) is 33.0. The molecule has 3 atom stereocenters. The molecule has 0 aromatic heterocycles. The zero-order chi connectivity index (χ0) is 18.1. The number of hydrogen-bond acceptors (Lipinski definition) is 4. The topological polar surface area (TPSA) is 60.8 Å². The van der Waals surface area contributed by atoms with Crippen LogP contribution in [0.3, 0.4) is 0 Å². The Hall–Kier alpha value is -1.23.